The smallest absolute Gasteiger partial charge is 0.249 e. The largest absolute Gasteiger partial charge is 0.497 e. The molecule has 1 aromatic carbocycles. The fraction of sp³-hybridized carbons (Fsp3) is 0.133. The van der Waals surface area contributed by atoms with Crippen LogP contribution >= 0.6 is 11.6 Å². The van der Waals surface area contributed by atoms with E-state index in [-0.39, 0.29) is 18.3 Å². The highest BCUT2D eigenvalue weighted by molar-refractivity contribution is 6.31. The van der Waals surface area contributed by atoms with Gasteiger partial charge in [-0.25, -0.2) is 8.91 Å². The van der Waals surface area contributed by atoms with Gasteiger partial charge in [0.2, 0.25) is 11.9 Å². The molecule has 3 aromatic rings. The van der Waals surface area contributed by atoms with Gasteiger partial charge in [0.15, 0.2) is 5.65 Å². The molecule has 0 aliphatic rings. The summed E-state index contributed by atoms with van der Waals surface area (Å²) >= 11 is 6.10. The van der Waals surface area contributed by atoms with Crippen molar-refractivity contribution in [3.63, 3.8) is 0 Å². The molecule has 2 heterocycles. The van der Waals surface area contributed by atoms with Crippen LogP contribution in [0.25, 0.3) is 5.65 Å². The summed E-state index contributed by atoms with van der Waals surface area (Å²) in [7, 11) is 1.54. The Kier molecular flexibility index (Phi) is 4.12. The molecule has 0 spiro atoms. The Labute approximate surface area is 135 Å². The second-order valence-corrected chi connectivity index (χ2v) is 5.17. The van der Waals surface area contributed by atoms with Crippen molar-refractivity contribution >= 4 is 29.1 Å². The van der Waals surface area contributed by atoms with Crippen molar-refractivity contribution in [2.75, 3.05) is 12.4 Å². The summed E-state index contributed by atoms with van der Waals surface area (Å²) in [5, 5.41) is 6.98. The lowest BCUT2D eigenvalue weighted by Gasteiger charge is -2.06. The first-order chi connectivity index (χ1) is 11.0. The van der Waals surface area contributed by atoms with Crippen molar-refractivity contribution in [1.29, 1.82) is 0 Å². The average molecular weight is 335 g/mol. The Morgan fingerprint density at radius 3 is 2.96 bits per heavy atom. The molecule has 0 atom stereocenters. The van der Waals surface area contributed by atoms with Gasteiger partial charge in [-0.1, -0.05) is 17.7 Å². The third kappa shape index (κ3) is 3.40. The van der Waals surface area contributed by atoms with Crippen LogP contribution < -0.4 is 10.1 Å². The van der Waals surface area contributed by atoms with E-state index < -0.39 is 5.82 Å². The molecule has 8 heteroatoms. The Hall–Kier alpha value is -2.67. The zero-order valence-corrected chi connectivity index (χ0v) is 12.8. The number of pyridine rings is 1. The molecule has 3 rings (SSSR count). The van der Waals surface area contributed by atoms with Gasteiger partial charge < -0.3 is 4.74 Å². The molecule has 0 radical (unpaired) electrons. The zero-order valence-electron chi connectivity index (χ0n) is 12.1. The quantitative estimate of drug-likeness (QED) is 0.796. The Balaban J connectivity index is 1.73. The fourth-order valence-corrected chi connectivity index (χ4v) is 2.29. The zero-order chi connectivity index (χ0) is 16.4. The number of aromatic nitrogens is 3. The standard InChI is InChI=1S/C15H12ClFN4O2/c1-23-11-4-2-9(12(16)7-11)6-14(22)19-15-18-13-5-3-10(17)8-21(13)20-15/h2-5,7-8H,6H2,1H3,(H,19,20,22). The van der Waals surface area contributed by atoms with Crippen molar-refractivity contribution in [2.24, 2.45) is 0 Å². The second-order valence-electron chi connectivity index (χ2n) is 4.77. The van der Waals surface area contributed by atoms with Crippen LogP contribution in [0.1, 0.15) is 5.56 Å². The van der Waals surface area contributed by atoms with Gasteiger partial charge in [-0.2, -0.15) is 4.98 Å². The Bertz CT molecular complexity index is 881. The number of benzene rings is 1. The molecule has 118 valence electrons. The normalized spacial score (nSPS) is 10.7. The maximum atomic E-state index is 13.1. The molecule has 0 saturated heterocycles. The van der Waals surface area contributed by atoms with E-state index in [1.54, 1.807) is 18.2 Å². The first kappa shape index (κ1) is 15.2. The summed E-state index contributed by atoms with van der Waals surface area (Å²) in [5.74, 6) is -0.0489. The first-order valence-electron chi connectivity index (χ1n) is 6.69. The van der Waals surface area contributed by atoms with Gasteiger partial charge in [0.1, 0.15) is 11.6 Å². The lowest BCUT2D eigenvalue weighted by Crippen LogP contribution is -2.15. The van der Waals surface area contributed by atoms with E-state index in [9.17, 15) is 9.18 Å². The van der Waals surface area contributed by atoms with Crippen LogP contribution in [0.15, 0.2) is 36.5 Å². The number of hydrogen-bond acceptors (Lipinski definition) is 4. The Morgan fingerprint density at radius 2 is 2.22 bits per heavy atom. The van der Waals surface area contributed by atoms with Gasteiger partial charge >= 0.3 is 0 Å². The summed E-state index contributed by atoms with van der Waals surface area (Å²) in [6, 6.07) is 7.81. The lowest BCUT2D eigenvalue weighted by molar-refractivity contribution is -0.115. The number of rotatable bonds is 4. The Morgan fingerprint density at radius 1 is 1.39 bits per heavy atom. The molecule has 1 N–H and O–H groups in total. The van der Waals surface area contributed by atoms with E-state index in [0.29, 0.717) is 22.0 Å². The molecular formula is C15H12ClFN4O2. The number of carbonyl (C=O) groups excluding carboxylic acids is 1. The number of hydrogen-bond donors (Lipinski definition) is 1. The third-order valence-electron chi connectivity index (χ3n) is 3.16. The summed E-state index contributed by atoms with van der Waals surface area (Å²) in [6.07, 6.45) is 1.24. The van der Waals surface area contributed by atoms with Crippen LogP contribution in [0.5, 0.6) is 5.75 Å². The summed E-state index contributed by atoms with van der Waals surface area (Å²) in [6.45, 7) is 0. The van der Waals surface area contributed by atoms with Gasteiger partial charge in [0.05, 0.1) is 19.7 Å². The number of fused-ring (bicyclic) bond motifs is 1. The highest BCUT2D eigenvalue weighted by Crippen LogP contribution is 2.23. The molecular weight excluding hydrogens is 323 g/mol. The van der Waals surface area contributed by atoms with Crippen LogP contribution in [-0.4, -0.2) is 27.6 Å². The van der Waals surface area contributed by atoms with Crippen LogP contribution in [0.2, 0.25) is 5.02 Å². The number of methoxy groups -OCH3 is 1. The highest BCUT2D eigenvalue weighted by Gasteiger charge is 2.11. The van der Waals surface area contributed by atoms with E-state index in [4.69, 9.17) is 16.3 Å². The molecule has 6 nitrogen and oxygen atoms in total. The number of halogens is 2. The maximum absolute atomic E-state index is 13.1. The molecule has 0 aliphatic carbocycles. The summed E-state index contributed by atoms with van der Waals surface area (Å²) in [4.78, 5) is 16.2. The van der Waals surface area contributed by atoms with Crippen molar-refractivity contribution in [1.82, 2.24) is 14.6 Å². The number of ether oxygens (including phenoxy) is 1. The topological polar surface area (TPSA) is 68.5 Å². The van der Waals surface area contributed by atoms with Crippen molar-refractivity contribution in [3.8, 4) is 5.75 Å². The minimum Gasteiger partial charge on any atom is -0.497 e. The van der Waals surface area contributed by atoms with Crippen molar-refractivity contribution in [3.05, 3.63) is 52.9 Å². The van der Waals surface area contributed by atoms with Gasteiger partial charge in [-0.3, -0.25) is 10.1 Å². The van der Waals surface area contributed by atoms with Crippen LogP contribution in [0, 0.1) is 5.82 Å². The van der Waals surface area contributed by atoms with Gasteiger partial charge in [-0.05, 0) is 29.8 Å². The molecule has 23 heavy (non-hydrogen) atoms. The van der Waals surface area contributed by atoms with Gasteiger partial charge in [0.25, 0.3) is 0 Å². The van der Waals surface area contributed by atoms with E-state index in [0.717, 1.165) is 0 Å². The number of carbonyl (C=O) groups is 1. The molecule has 2 aromatic heterocycles. The number of nitrogens with zero attached hydrogens (tertiary/aromatic N) is 3. The van der Waals surface area contributed by atoms with E-state index in [1.165, 1.54) is 30.0 Å². The number of anilines is 1. The number of nitrogens with one attached hydrogen (secondary N) is 1. The predicted molar refractivity (Wildman–Crippen MR) is 83.3 cm³/mol. The first-order valence-corrected chi connectivity index (χ1v) is 7.07. The monoisotopic (exact) mass is 334 g/mol. The van der Waals surface area contributed by atoms with Crippen LogP contribution in [-0.2, 0) is 11.2 Å². The van der Waals surface area contributed by atoms with Crippen LogP contribution in [0.3, 0.4) is 0 Å². The maximum Gasteiger partial charge on any atom is 0.249 e. The molecule has 0 aliphatic heterocycles. The molecule has 1 amide bonds. The van der Waals surface area contributed by atoms with E-state index >= 15 is 0 Å². The van der Waals surface area contributed by atoms with E-state index in [1.807, 2.05) is 0 Å². The SMILES string of the molecule is COc1ccc(CC(=O)Nc2nc3ccc(F)cn3n2)c(Cl)c1. The predicted octanol–water partition coefficient (Wildman–Crippen LogP) is 2.71. The summed E-state index contributed by atoms with van der Waals surface area (Å²) < 4.78 is 19.4. The fourth-order valence-electron chi connectivity index (χ4n) is 2.05. The van der Waals surface area contributed by atoms with E-state index in [2.05, 4.69) is 15.4 Å². The van der Waals surface area contributed by atoms with Crippen molar-refractivity contribution in [2.45, 2.75) is 6.42 Å². The molecule has 0 bridgehead atoms. The second kappa shape index (κ2) is 6.21. The van der Waals surface area contributed by atoms with Gasteiger partial charge in [-0.15, -0.1) is 5.10 Å². The number of amides is 1. The minimum atomic E-state index is -0.440. The van der Waals surface area contributed by atoms with Crippen molar-refractivity contribution < 1.29 is 13.9 Å². The average Bonchev–Trinajstić information content (AvgIpc) is 2.90. The van der Waals surface area contributed by atoms with Gasteiger partial charge in [0, 0.05) is 5.02 Å². The lowest BCUT2D eigenvalue weighted by atomic mass is 10.1. The molecule has 0 saturated carbocycles. The minimum absolute atomic E-state index is 0.0622. The summed E-state index contributed by atoms with van der Waals surface area (Å²) in [5.41, 5.74) is 1.09. The highest BCUT2D eigenvalue weighted by atomic mass is 35.5. The molecule has 0 unspecified atom stereocenters. The molecule has 0 fully saturated rings. The third-order valence-corrected chi connectivity index (χ3v) is 3.51. The van der Waals surface area contributed by atoms with Crippen LogP contribution in [0.4, 0.5) is 10.3 Å².